The molecule has 0 unspecified atom stereocenters. The van der Waals surface area contributed by atoms with Crippen molar-refractivity contribution in [3.8, 4) is 17.1 Å². The third kappa shape index (κ3) is 3.68. The number of nitrogens with one attached hydrogen (secondary N) is 1. The van der Waals surface area contributed by atoms with Crippen LogP contribution in [0.3, 0.4) is 0 Å². The van der Waals surface area contributed by atoms with Crippen LogP contribution in [0.2, 0.25) is 0 Å². The Morgan fingerprint density at radius 1 is 1.29 bits per heavy atom. The van der Waals surface area contributed by atoms with Gasteiger partial charge in [-0.05, 0) is 30.7 Å². The fourth-order valence-corrected chi connectivity index (χ4v) is 1.73. The summed E-state index contributed by atoms with van der Waals surface area (Å²) < 4.78 is 5.51. The summed E-state index contributed by atoms with van der Waals surface area (Å²) in [6, 6.07) is 8.66. The van der Waals surface area contributed by atoms with Gasteiger partial charge in [-0.2, -0.15) is 0 Å². The number of ether oxygens (including phenoxy) is 1. The molecule has 2 N–H and O–H groups in total. The molecule has 21 heavy (non-hydrogen) atoms. The Morgan fingerprint density at radius 2 is 2.00 bits per heavy atom. The van der Waals surface area contributed by atoms with Crippen LogP contribution in [0.15, 0.2) is 30.3 Å². The van der Waals surface area contributed by atoms with Crippen molar-refractivity contribution < 1.29 is 14.6 Å². The summed E-state index contributed by atoms with van der Waals surface area (Å²) in [5.41, 5.74) is 0.689. The zero-order chi connectivity index (χ0) is 15.2. The number of anilines is 1. The minimum absolute atomic E-state index is 0.0457. The summed E-state index contributed by atoms with van der Waals surface area (Å²) in [6.07, 6.45) is 0.942. The van der Waals surface area contributed by atoms with Gasteiger partial charge in [-0.25, -0.2) is 14.8 Å². The van der Waals surface area contributed by atoms with Crippen LogP contribution in [-0.4, -0.2) is 34.7 Å². The smallest absolute Gasteiger partial charge is 0.354 e. The van der Waals surface area contributed by atoms with Crippen molar-refractivity contribution in [1.82, 2.24) is 9.97 Å². The Labute approximate surface area is 122 Å². The highest BCUT2D eigenvalue weighted by Crippen LogP contribution is 2.21. The molecule has 0 aliphatic rings. The van der Waals surface area contributed by atoms with Crippen molar-refractivity contribution in [3.05, 3.63) is 36.0 Å². The molecule has 110 valence electrons. The molecule has 0 atom stereocenters. The number of benzene rings is 1. The van der Waals surface area contributed by atoms with Crippen molar-refractivity contribution in [2.45, 2.75) is 13.3 Å². The molecule has 0 fully saturated rings. The molecule has 2 aromatic rings. The van der Waals surface area contributed by atoms with Gasteiger partial charge in [0.05, 0.1) is 6.61 Å². The van der Waals surface area contributed by atoms with E-state index in [-0.39, 0.29) is 5.69 Å². The number of hydrogen-bond acceptors (Lipinski definition) is 5. The first-order valence-corrected chi connectivity index (χ1v) is 6.67. The van der Waals surface area contributed by atoms with Gasteiger partial charge in [0, 0.05) is 18.7 Å². The zero-order valence-electron chi connectivity index (χ0n) is 12.0. The summed E-state index contributed by atoms with van der Waals surface area (Å²) in [7, 11) is 1.68. The second-order valence-corrected chi connectivity index (χ2v) is 4.39. The van der Waals surface area contributed by atoms with E-state index in [0.717, 1.165) is 17.7 Å². The highest BCUT2D eigenvalue weighted by atomic mass is 16.5. The van der Waals surface area contributed by atoms with Crippen LogP contribution in [-0.2, 0) is 0 Å². The first-order chi connectivity index (χ1) is 10.1. The molecule has 0 aliphatic carbocycles. The van der Waals surface area contributed by atoms with Crippen LogP contribution in [0.25, 0.3) is 11.4 Å². The summed E-state index contributed by atoms with van der Waals surface area (Å²) in [4.78, 5) is 19.4. The van der Waals surface area contributed by atoms with Crippen molar-refractivity contribution >= 4 is 11.8 Å². The minimum Gasteiger partial charge on any atom is -0.494 e. The Hall–Kier alpha value is -2.63. The number of nitrogens with zero attached hydrogens (tertiary/aromatic N) is 2. The predicted molar refractivity (Wildman–Crippen MR) is 79.8 cm³/mol. The third-order valence-corrected chi connectivity index (χ3v) is 2.79. The van der Waals surface area contributed by atoms with Crippen molar-refractivity contribution in [1.29, 1.82) is 0 Å². The van der Waals surface area contributed by atoms with Crippen LogP contribution in [0.4, 0.5) is 5.82 Å². The molecule has 0 radical (unpaired) electrons. The van der Waals surface area contributed by atoms with Gasteiger partial charge in [0.2, 0.25) is 0 Å². The highest BCUT2D eigenvalue weighted by Gasteiger charge is 2.11. The Morgan fingerprint density at radius 3 is 2.57 bits per heavy atom. The van der Waals surface area contributed by atoms with Crippen LogP contribution < -0.4 is 10.1 Å². The number of hydrogen-bond donors (Lipinski definition) is 2. The first-order valence-electron chi connectivity index (χ1n) is 6.67. The number of carbonyl (C=O) groups is 1. The molecule has 6 nitrogen and oxygen atoms in total. The largest absolute Gasteiger partial charge is 0.494 e. The van der Waals surface area contributed by atoms with Gasteiger partial charge in [-0.15, -0.1) is 0 Å². The average Bonchev–Trinajstić information content (AvgIpc) is 2.52. The quantitative estimate of drug-likeness (QED) is 0.849. The van der Waals surface area contributed by atoms with Gasteiger partial charge < -0.3 is 15.2 Å². The second-order valence-electron chi connectivity index (χ2n) is 4.39. The molecular formula is C15H17N3O3. The van der Waals surface area contributed by atoms with Gasteiger partial charge in [0.15, 0.2) is 11.5 Å². The molecule has 0 saturated carbocycles. The van der Waals surface area contributed by atoms with Crippen LogP contribution in [0.5, 0.6) is 5.75 Å². The summed E-state index contributed by atoms with van der Waals surface area (Å²) in [5.74, 6) is 0.506. The molecular weight excluding hydrogens is 270 g/mol. The lowest BCUT2D eigenvalue weighted by atomic mass is 10.2. The van der Waals surface area contributed by atoms with Gasteiger partial charge in [-0.3, -0.25) is 0 Å². The SMILES string of the molecule is CCCOc1ccc(-c2nc(NC)cc(C(=O)O)n2)cc1. The summed E-state index contributed by atoms with van der Waals surface area (Å²) in [5, 5.41) is 11.9. The Kier molecular flexibility index (Phi) is 4.71. The van der Waals surface area contributed by atoms with Gasteiger partial charge >= 0.3 is 5.97 Å². The zero-order valence-corrected chi connectivity index (χ0v) is 12.0. The van der Waals surface area contributed by atoms with Gasteiger partial charge in [0.1, 0.15) is 11.6 Å². The van der Waals surface area contributed by atoms with E-state index in [1.807, 2.05) is 31.2 Å². The number of carboxylic acid groups (broad SMARTS) is 1. The monoisotopic (exact) mass is 287 g/mol. The Balaban J connectivity index is 2.32. The topological polar surface area (TPSA) is 84.3 Å². The molecule has 0 bridgehead atoms. The molecule has 1 heterocycles. The van der Waals surface area contributed by atoms with E-state index < -0.39 is 5.97 Å². The van der Waals surface area contributed by atoms with Crippen molar-refractivity contribution in [3.63, 3.8) is 0 Å². The number of carboxylic acids is 1. The average molecular weight is 287 g/mol. The first kappa shape index (κ1) is 14.8. The fourth-order valence-electron chi connectivity index (χ4n) is 1.73. The van der Waals surface area contributed by atoms with Crippen LogP contribution in [0, 0.1) is 0 Å². The lowest BCUT2D eigenvalue weighted by Gasteiger charge is -2.07. The molecule has 0 aliphatic heterocycles. The van der Waals surface area contributed by atoms with E-state index in [2.05, 4.69) is 15.3 Å². The van der Waals surface area contributed by atoms with E-state index >= 15 is 0 Å². The molecule has 0 saturated heterocycles. The van der Waals surface area contributed by atoms with Gasteiger partial charge in [0.25, 0.3) is 0 Å². The summed E-state index contributed by atoms with van der Waals surface area (Å²) >= 11 is 0. The van der Waals surface area contributed by atoms with Crippen LogP contribution >= 0.6 is 0 Å². The second kappa shape index (κ2) is 6.69. The van der Waals surface area contributed by atoms with E-state index in [9.17, 15) is 4.79 Å². The third-order valence-electron chi connectivity index (χ3n) is 2.79. The standard InChI is InChI=1S/C15H17N3O3/c1-3-8-21-11-6-4-10(5-7-11)14-17-12(15(19)20)9-13(16-2)18-14/h4-7,9H,3,8H2,1-2H3,(H,19,20)(H,16,17,18). The molecule has 0 spiro atoms. The lowest BCUT2D eigenvalue weighted by Crippen LogP contribution is -2.05. The number of rotatable bonds is 6. The minimum atomic E-state index is -1.09. The molecule has 2 rings (SSSR count). The summed E-state index contributed by atoms with van der Waals surface area (Å²) in [6.45, 7) is 2.70. The molecule has 0 amide bonds. The molecule has 6 heteroatoms. The van der Waals surface area contributed by atoms with E-state index in [1.165, 1.54) is 6.07 Å². The van der Waals surface area contributed by atoms with Crippen molar-refractivity contribution in [2.75, 3.05) is 19.0 Å². The van der Waals surface area contributed by atoms with E-state index in [0.29, 0.717) is 18.2 Å². The highest BCUT2D eigenvalue weighted by molar-refractivity contribution is 5.86. The number of aromatic nitrogens is 2. The van der Waals surface area contributed by atoms with Gasteiger partial charge in [-0.1, -0.05) is 6.92 Å². The normalized spacial score (nSPS) is 10.2. The number of aromatic carboxylic acids is 1. The lowest BCUT2D eigenvalue weighted by molar-refractivity contribution is 0.0690. The molecule has 1 aromatic carbocycles. The maximum atomic E-state index is 11.1. The van der Waals surface area contributed by atoms with Crippen molar-refractivity contribution in [2.24, 2.45) is 0 Å². The molecule has 1 aromatic heterocycles. The predicted octanol–water partition coefficient (Wildman–Crippen LogP) is 2.67. The maximum absolute atomic E-state index is 11.1. The maximum Gasteiger partial charge on any atom is 0.354 e. The van der Waals surface area contributed by atoms with E-state index in [4.69, 9.17) is 9.84 Å². The Bertz CT molecular complexity index is 627. The van der Waals surface area contributed by atoms with E-state index in [1.54, 1.807) is 7.05 Å². The van der Waals surface area contributed by atoms with Crippen LogP contribution in [0.1, 0.15) is 23.8 Å². The fraction of sp³-hybridized carbons (Fsp3) is 0.267.